The molecular weight excluding hydrogens is 727 g/mol. The van der Waals surface area contributed by atoms with Crippen molar-refractivity contribution in [3.63, 3.8) is 0 Å². The number of aromatic nitrogens is 3. The average molecular weight is 770 g/mol. The van der Waals surface area contributed by atoms with Gasteiger partial charge in [-0.1, -0.05) is 207 Å². The molecule has 1 saturated carbocycles. The van der Waals surface area contributed by atoms with Crippen molar-refractivity contribution in [2.45, 2.75) is 37.5 Å². The maximum Gasteiger partial charge on any atom is 0.164 e. The fourth-order valence-corrected chi connectivity index (χ4v) is 9.67. The molecule has 0 N–H and O–H groups in total. The van der Waals surface area contributed by atoms with Gasteiger partial charge >= 0.3 is 0 Å². The van der Waals surface area contributed by atoms with Crippen LogP contribution < -0.4 is 0 Å². The quantitative estimate of drug-likeness (QED) is 0.162. The van der Waals surface area contributed by atoms with E-state index in [9.17, 15) is 0 Å². The number of hydrogen-bond acceptors (Lipinski definition) is 3. The smallest absolute Gasteiger partial charge is 0.164 e. The molecule has 0 amide bonds. The van der Waals surface area contributed by atoms with Crippen LogP contribution in [0.4, 0.5) is 0 Å². The van der Waals surface area contributed by atoms with Crippen molar-refractivity contribution in [1.29, 1.82) is 0 Å². The van der Waals surface area contributed by atoms with E-state index in [1.54, 1.807) is 0 Å². The predicted octanol–water partition coefficient (Wildman–Crippen LogP) is 14.8. The molecule has 0 atom stereocenters. The third-order valence-electron chi connectivity index (χ3n) is 12.8. The van der Waals surface area contributed by atoms with Crippen LogP contribution in [-0.2, 0) is 5.41 Å². The highest BCUT2D eigenvalue weighted by molar-refractivity contribution is 5.85. The Labute approximate surface area is 352 Å². The molecule has 2 aliphatic carbocycles. The summed E-state index contributed by atoms with van der Waals surface area (Å²) in [6, 6.07) is 71.8. The van der Waals surface area contributed by atoms with E-state index in [1.807, 2.05) is 12.1 Å². The topological polar surface area (TPSA) is 38.7 Å². The van der Waals surface area contributed by atoms with E-state index in [-0.39, 0.29) is 5.41 Å². The van der Waals surface area contributed by atoms with E-state index in [1.165, 1.54) is 76.6 Å². The minimum absolute atomic E-state index is 0.145. The van der Waals surface area contributed by atoms with Gasteiger partial charge in [0.25, 0.3) is 0 Å². The molecule has 9 aromatic rings. The SMILES string of the molecule is c1ccc(-c2ccc(-c3nc(-c4ccc(-c5ccccc5)cc4)nc(-c4cccc(-c5ccc(-c6ccc7c(c6)C6(CCCCC6)c6ccccc6-7)cc5)c4)n3)cc2)cc1. The summed E-state index contributed by atoms with van der Waals surface area (Å²) in [5.41, 5.74) is 18.3. The molecule has 1 fully saturated rings. The maximum absolute atomic E-state index is 5.11. The lowest BCUT2D eigenvalue weighted by Crippen LogP contribution is -2.28. The Kier molecular flexibility index (Phi) is 9.08. The van der Waals surface area contributed by atoms with Gasteiger partial charge in [-0.05, 0) is 91.7 Å². The lowest BCUT2D eigenvalue weighted by molar-refractivity contribution is 0.353. The lowest BCUT2D eigenvalue weighted by Gasteiger charge is -2.36. The summed E-state index contributed by atoms with van der Waals surface area (Å²) in [5, 5.41) is 0. The number of hydrogen-bond donors (Lipinski definition) is 0. The van der Waals surface area contributed by atoms with Gasteiger partial charge in [0.2, 0.25) is 0 Å². The second-order valence-corrected chi connectivity index (χ2v) is 16.3. The van der Waals surface area contributed by atoms with E-state index in [0.29, 0.717) is 17.5 Å². The fraction of sp³-hybridized carbons (Fsp3) is 0.105. The Bertz CT molecular complexity index is 2860. The minimum atomic E-state index is 0.145. The van der Waals surface area contributed by atoms with Crippen molar-refractivity contribution in [1.82, 2.24) is 15.0 Å². The first kappa shape index (κ1) is 35.9. The van der Waals surface area contributed by atoms with E-state index in [4.69, 9.17) is 15.0 Å². The Morgan fingerprint density at radius 1 is 0.267 bits per heavy atom. The van der Waals surface area contributed by atoms with Crippen LogP contribution in [0.15, 0.2) is 200 Å². The molecule has 0 unspecified atom stereocenters. The third kappa shape index (κ3) is 6.53. The second kappa shape index (κ2) is 15.2. The zero-order valence-electron chi connectivity index (χ0n) is 33.4. The Balaban J connectivity index is 0.930. The standard InChI is InChI=1S/C57H43N3/c1-4-13-39(14-5-1)41-25-29-45(30-26-41)54-58-55(46-31-27-42(28-32-46)40-15-6-2-7-16-40)60-56(59-54)49-18-12-17-47(37-49)43-21-23-44(24-22-43)48-33-34-51-50-19-8-9-20-52(50)57(53(51)38-48)35-10-3-11-36-57/h1-2,4-9,12-34,37-38H,3,10-11,35-36H2. The number of fused-ring (bicyclic) bond motifs is 5. The van der Waals surface area contributed by atoms with Gasteiger partial charge in [-0.3, -0.25) is 0 Å². The summed E-state index contributed by atoms with van der Waals surface area (Å²) in [7, 11) is 0. The molecular formula is C57H43N3. The minimum Gasteiger partial charge on any atom is -0.208 e. The predicted molar refractivity (Wildman–Crippen MR) is 247 cm³/mol. The summed E-state index contributed by atoms with van der Waals surface area (Å²) in [6.07, 6.45) is 6.40. The number of nitrogens with zero attached hydrogens (tertiary/aromatic N) is 3. The normalized spacial score (nSPS) is 13.8. The molecule has 11 rings (SSSR count). The van der Waals surface area contributed by atoms with E-state index in [2.05, 4.69) is 188 Å². The first-order valence-corrected chi connectivity index (χ1v) is 21.2. The fourth-order valence-electron chi connectivity index (χ4n) is 9.67. The molecule has 0 aliphatic heterocycles. The van der Waals surface area contributed by atoms with Crippen molar-refractivity contribution < 1.29 is 0 Å². The largest absolute Gasteiger partial charge is 0.208 e. The summed E-state index contributed by atoms with van der Waals surface area (Å²) < 4.78 is 0. The Hall–Kier alpha value is -7.23. The van der Waals surface area contributed by atoms with Gasteiger partial charge in [-0.15, -0.1) is 0 Å². The summed E-state index contributed by atoms with van der Waals surface area (Å²) in [6.45, 7) is 0. The first-order chi connectivity index (χ1) is 29.7. The van der Waals surface area contributed by atoms with Gasteiger partial charge in [0, 0.05) is 22.1 Å². The molecule has 0 radical (unpaired) electrons. The van der Waals surface area contributed by atoms with E-state index < -0.39 is 0 Å². The van der Waals surface area contributed by atoms with Crippen LogP contribution >= 0.6 is 0 Å². The molecule has 286 valence electrons. The summed E-state index contributed by atoms with van der Waals surface area (Å²) >= 11 is 0. The van der Waals surface area contributed by atoms with Crippen LogP contribution in [-0.4, -0.2) is 15.0 Å². The zero-order valence-corrected chi connectivity index (χ0v) is 33.4. The Morgan fingerprint density at radius 2 is 0.650 bits per heavy atom. The van der Waals surface area contributed by atoms with Crippen LogP contribution in [0.5, 0.6) is 0 Å². The molecule has 3 heteroatoms. The first-order valence-electron chi connectivity index (χ1n) is 21.2. The highest BCUT2D eigenvalue weighted by Gasteiger charge is 2.43. The third-order valence-corrected chi connectivity index (χ3v) is 12.8. The van der Waals surface area contributed by atoms with Gasteiger partial charge in [0.05, 0.1) is 0 Å². The zero-order chi connectivity index (χ0) is 39.9. The molecule has 0 saturated heterocycles. The van der Waals surface area contributed by atoms with Gasteiger partial charge < -0.3 is 0 Å². The van der Waals surface area contributed by atoms with Crippen LogP contribution in [0.2, 0.25) is 0 Å². The van der Waals surface area contributed by atoms with Crippen molar-refractivity contribution in [3.8, 4) is 89.8 Å². The molecule has 60 heavy (non-hydrogen) atoms. The van der Waals surface area contributed by atoms with Crippen LogP contribution in [0.25, 0.3) is 89.8 Å². The lowest BCUT2D eigenvalue weighted by atomic mass is 9.67. The van der Waals surface area contributed by atoms with Crippen LogP contribution in [0.1, 0.15) is 43.2 Å². The summed E-state index contributed by atoms with van der Waals surface area (Å²) in [4.78, 5) is 15.3. The van der Waals surface area contributed by atoms with Crippen LogP contribution in [0.3, 0.4) is 0 Å². The van der Waals surface area contributed by atoms with E-state index >= 15 is 0 Å². The van der Waals surface area contributed by atoms with E-state index in [0.717, 1.165) is 38.9 Å². The number of benzene rings is 8. The van der Waals surface area contributed by atoms with Gasteiger partial charge in [-0.25, -0.2) is 15.0 Å². The van der Waals surface area contributed by atoms with Gasteiger partial charge in [-0.2, -0.15) is 0 Å². The molecule has 8 aromatic carbocycles. The second-order valence-electron chi connectivity index (χ2n) is 16.3. The average Bonchev–Trinajstić information content (AvgIpc) is 3.60. The Morgan fingerprint density at radius 3 is 1.22 bits per heavy atom. The summed E-state index contributed by atoms with van der Waals surface area (Å²) in [5.74, 6) is 1.93. The molecule has 1 aromatic heterocycles. The molecule has 1 heterocycles. The molecule has 1 spiro atoms. The number of rotatable bonds is 7. The van der Waals surface area contributed by atoms with Crippen molar-refractivity contribution in [3.05, 3.63) is 211 Å². The molecule has 2 aliphatic rings. The van der Waals surface area contributed by atoms with Gasteiger partial charge in [0.1, 0.15) is 0 Å². The highest BCUT2D eigenvalue weighted by atomic mass is 15.0. The van der Waals surface area contributed by atoms with Gasteiger partial charge in [0.15, 0.2) is 17.5 Å². The maximum atomic E-state index is 5.11. The van der Waals surface area contributed by atoms with Crippen molar-refractivity contribution >= 4 is 0 Å². The van der Waals surface area contributed by atoms with Crippen LogP contribution in [0, 0.1) is 0 Å². The molecule has 0 bridgehead atoms. The van der Waals surface area contributed by atoms with Crippen molar-refractivity contribution in [2.24, 2.45) is 0 Å². The highest BCUT2D eigenvalue weighted by Crippen LogP contribution is 2.56. The monoisotopic (exact) mass is 769 g/mol. The van der Waals surface area contributed by atoms with Crippen molar-refractivity contribution in [2.75, 3.05) is 0 Å². The molecule has 3 nitrogen and oxygen atoms in total.